The summed E-state index contributed by atoms with van der Waals surface area (Å²) in [6.45, 7) is 14.6. The van der Waals surface area contributed by atoms with E-state index in [0.717, 1.165) is 27.8 Å². The maximum absolute atomic E-state index is 13.9. The zero-order chi connectivity index (χ0) is 34.4. The largest absolute Gasteiger partial charge is 0.493 e. The molecule has 0 unspecified atom stereocenters. The van der Waals surface area contributed by atoms with Crippen molar-refractivity contribution in [1.29, 1.82) is 0 Å². The van der Waals surface area contributed by atoms with Crippen molar-refractivity contribution >= 4 is 11.8 Å². The molecule has 6 rings (SSSR count). The van der Waals surface area contributed by atoms with E-state index in [2.05, 4.69) is 39.5 Å². The molecular weight excluding hydrogens is 608 g/mol. The predicted octanol–water partition coefficient (Wildman–Crippen LogP) is 6.96. The number of esters is 1. The molecule has 256 valence electrons. The van der Waals surface area contributed by atoms with E-state index in [1.54, 1.807) is 26.4 Å². The maximum Gasteiger partial charge on any atom is 0.310 e. The standard InChI is InChI=1S/C40H48O8/c1-24(2)38(6)21-26(4)40-32(27(5)46-39(47-38,48-40)22-28-12-10-9-11-13-28)18-30(17-31-33(40)16-25(3)37(31)42)23-45-36(41)20-29-14-15-34(43-7)35(19-29)44-8/h9-16,18-19,26-27,31-33H,1,17,20-23H2,2-8H3/t26-,27+,31+,32+,33-,38-,39-,40-/m1/s1. The van der Waals surface area contributed by atoms with E-state index in [-0.39, 0.29) is 54.6 Å². The molecular formula is C40H48O8. The van der Waals surface area contributed by atoms with Crippen molar-refractivity contribution in [3.63, 3.8) is 0 Å². The van der Waals surface area contributed by atoms with Gasteiger partial charge in [-0.2, -0.15) is 0 Å². The second-order valence-corrected chi connectivity index (χ2v) is 14.3. The van der Waals surface area contributed by atoms with E-state index in [0.29, 0.717) is 30.8 Å². The van der Waals surface area contributed by atoms with Crippen molar-refractivity contribution in [2.45, 2.75) is 83.6 Å². The summed E-state index contributed by atoms with van der Waals surface area (Å²) in [7, 11) is 3.13. The van der Waals surface area contributed by atoms with Gasteiger partial charge in [0.2, 0.25) is 0 Å². The van der Waals surface area contributed by atoms with Gasteiger partial charge in [0.1, 0.15) is 6.61 Å². The second kappa shape index (κ2) is 13.0. The first-order valence-electron chi connectivity index (χ1n) is 16.9. The van der Waals surface area contributed by atoms with Crippen LogP contribution in [0.4, 0.5) is 0 Å². The average molecular weight is 657 g/mol. The normalized spacial score (nSPS) is 34.1. The Labute approximate surface area is 284 Å². The van der Waals surface area contributed by atoms with Gasteiger partial charge in [-0.1, -0.05) is 62.1 Å². The van der Waals surface area contributed by atoms with Crippen LogP contribution < -0.4 is 9.47 Å². The van der Waals surface area contributed by atoms with Crippen molar-refractivity contribution in [3.05, 3.63) is 95.1 Å². The van der Waals surface area contributed by atoms with Gasteiger partial charge in [0.15, 0.2) is 17.3 Å². The minimum Gasteiger partial charge on any atom is -0.493 e. The highest BCUT2D eigenvalue weighted by Crippen LogP contribution is 2.60. The van der Waals surface area contributed by atoms with Crippen LogP contribution in [0.1, 0.15) is 58.6 Å². The number of rotatable bonds is 9. The van der Waals surface area contributed by atoms with Gasteiger partial charge in [0, 0.05) is 17.8 Å². The number of ether oxygens (including phenoxy) is 6. The molecule has 0 radical (unpaired) electrons. The molecule has 0 saturated carbocycles. The Morgan fingerprint density at radius 2 is 1.71 bits per heavy atom. The minimum atomic E-state index is -1.40. The zero-order valence-electron chi connectivity index (χ0n) is 29.2. The molecule has 2 fully saturated rings. The highest BCUT2D eigenvalue weighted by Gasteiger charge is 2.67. The topological polar surface area (TPSA) is 89.5 Å². The maximum atomic E-state index is 13.9. The highest BCUT2D eigenvalue weighted by atomic mass is 16.9. The first kappa shape index (κ1) is 34.2. The van der Waals surface area contributed by atoms with E-state index in [1.165, 1.54) is 0 Å². The molecule has 8 atom stereocenters. The molecule has 1 spiro atoms. The Bertz CT molecular complexity index is 1640. The Morgan fingerprint density at radius 1 is 0.979 bits per heavy atom. The van der Waals surface area contributed by atoms with Crippen molar-refractivity contribution in [2.24, 2.45) is 23.7 Å². The van der Waals surface area contributed by atoms with Crippen molar-refractivity contribution in [3.8, 4) is 11.5 Å². The first-order valence-corrected chi connectivity index (χ1v) is 16.9. The number of hydrogen-bond donors (Lipinski definition) is 0. The van der Waals surface area contributed by atoms with Gasteiger partial charge >= 0.3 is 5.97 Å². The van der Waals surface area contributed by atoms with Crippen molar-refractivity contribution in [2.75, 3.05) is 20.8 Å². The second-order valence-electron chi connectivity index (χ2n) is 14.3. The van der Waals surface area contributed by atoms with Gasteiger partial charge in [-0.3, -0.25) is 9.59 Å². The van der Waals surface area contributed by atoms with Crippen LogP contribution in [0.3, 0.4) is 0 Å². The number of hydrogen-bond acceptors (Lipinski definition) is 8. The Hall–Kier alpha value is -3.72. The van der Waals surface area contributed by atoms with Gasteiger partial charge in [-0.25, -0.2) is 0 Å². The van der Waals surface area contributed by atoms with Crippen molar-refractivity contribution < 1.29 is 38.0 Å². The lowest BCUT2D eigenvalue weighted by Crippen LogP contribution is -2.65. The molecule has 0 amide bonds. The van der Waals surface area contributed by atoms with E-state index in [4.69, 9.17) is 28.4 Å². The number of benzene rings is 2. The number of methoxy groups -OCH3 is 2. The van der Waals surface area contributed by atoms with Crippen LogP contribution in [0.2, 0.25) is 0 Å². The molecule has 4 aliphatic rings. The fraction of sp³-hybridized carbons (Fsp3) is 0.500. The predicted molar refractivity (Wildman–Crippen MR) is 181 cm³/mol. The van der Waals surface area contributed by atoms with Crippen LogP contribution in [0.5, 0.6) is 11.5 Å². The molecule has 2 saturated heterocycles. The number of carbonyl (C=O) groups is 2. The molecule has 2 heterocycles. The molecule has 2 aliphatic heterocycles. The average Bonchev–Trinajstić information content (AvgIpc) is 3.19. The Balaban J connectivity index is 1.36. The quantitative estimate of drug-likeness (QED) is 0.212. The zero-order valence-corrected chi connectivity index (χ0v) is 29.2. The molecule has 8 heteroatoms. The van der Waals surface area contributed by atoms with Crippen LogP contribution in [0.15, 0.2) is 84.0 Å². The number of Topliss-reactive ketones (excluding diaryl/α,β-unsaturated/α-hetero) is 1. The number of ketones is 1. The lowest BCUT2D eigenvalue weighted by Gasteiger charge is -2.56. The summed E-state index contributed by atoms with van der Waals surface area (Å²) in [6, 6.07) is 15.5. The lowest BCUT2D eigenvalue weighted by atomic mass is 9.62. The van der Waals surface area contributed by atoms with Gasteiger partial charge < -0.3 is 28.4 Å². The highest BCUT2D eigenvalue weighted by molar-refractivity contribution is 6.00. The number of allylic oxidation sites excluding steroid dienone is 1. The SMILES string of the molecule is C=C(C)[C@@]1(C)C[C@@H](C)[C@@]23O[C@](Cc4ccccc4)(O[C@@H](C)[C@@H]2C=C(COC(=O)Cc2ccc(OC)c(OC)c2)C[C@@H]2C(=O)C(C)=C[C@H]23)O1. The third-order valence-electron chi connectivity index (χ3n) is 11.0. The summed E-state index contributed by atoms with van der Waals surface area (Å²) < 4.78 is 37.9. The van der Waals surface area contributed by atoms with E-state index < -0.39 is 17.2 Å². The molecule has 2 bridgehead atoms. The molecule has 2 aromatic carbocycles. The first-order chi connectivity index (χ1) is 22.8. The van der Waals surface area contributed by atoms with Gasteiger partial charge in [0.05, 0.1) is 44.4 Å². The number of carbonyl (C=O) groups excluding carboxylic acids is 2. The van der Waals surface area contributed by atoms with Gasteiger partial charge in [-0.15, -0.1) is 0 Å². The minimum absolute atomic E-state index is 0.0427. The number of fused-ring (bicyclic) bond motifs is 2. The summed E-state index contributed by atoms with van der Waals surface area (Å²) in [5.41, 5.74) is 2.72. The Morgan fingerprint density at radius 3 is 2.40 bits per heavy atom. The van der Waals surface area contributed by atoms with Crippen LogP contribution in [-0.4, -0.2) is 55.9 Å². The fourth-order valence-electron chi connectivity index (χ4n) is 8.47. The van der Waals surface area contributed by atoms with Crippen molar-refractivity contribution in [1.82, 2.24) is 0 Å². The molecule has 0 aromatic heterocycles. The van der Waals surface area contributed by atoms with Gasteiger partial charge in [-0.05, 0) is 86.4 Å². The summed E-state index contributed by atoms with van der Waals surface area (Å²) in [4.78, 5) is 27.0. The summed E-state index contributed by atoms with van der Waals surface area (Å²) in [6.07, 6.45) is 5.50. The van der Waals surface area contributed by atoms with Crippen LogP contribution >= 0.6 is 0 Å². The monoisotopic (exact) mass is 656 g/mol. The Kier molecular flexibility index (Phi) is 9.22. The van der Waals surface area contributed by atoms with E-state index in [1.807, 2.05) is 50.2 Å². The van der Waals surface area contributed by atoms with Crippen LogP contribution in [-0.2, 0) is 41.4 Å². The van der Waals surface area contributed by atoms with Crippen LogP contribution in [0.25, 0.3) is 0 Å². The van der Waals surface area contributed by atoms with E-state index >= 15 is 0 Å². The summed E-state index contributed by atoms with van der Waals surface area (Å²) in [5.74, 6) is -1.40. The lowest BCUT2D eigenvalue weighted by molar-refractivity contribution is -0.472. The third kappa shape index (κ3) is 6.03. The molecule has 2 aliphatic carbocycles. The molecule has 8 nitrogen and oxygen atoms in total. The van der Waals surface area contributed by atoms with E-state index in [9.17, 15) is 9.59 Å². The van der Waals surface area contributed by atoms with Gasteiger partial charge in [0.25, 0.3) is 5.97 Å². The molecule has 48 heavy (non-hydrogen) atoms. The third-order valence-corrected chi connectivity index (χ3v) is 11.0. The summed E-state index contributed by atoms with van der Waals surface area (Å²) in [5, 5.41) is 0. The van der Waals surface area contributed by atoms with Crippen LogP contribution in [0, 0.1) is 23.7 Å². The summed E-state index contributed by atoms with van der Waals surface area (Å²) >= 11 is 0. The molecule has 2 aromatic rings. The fourth-order valence-corrected chi connectivity index (χ4v) is 8.47. The smallest absolute Gasteiger partial charge is 0.310 e. The molecule has 0 N–H and O–H groups in total.